The molecule has 0 saturated heterocycles. The molecule has 0 amide bonds. The fourth-order valence-corrected chi connectivity index (χ4v) is 6.80. The molecular weight excluding hydrogens is 546 g/mol. The van der Waals surface area contributed by atoms with Crippen molar-refractivity contribution in [2.75, 3.05) is 4.90 Å². The summed E-state index contributed by atoms with van der Waals surface area (Å²) in [5, 5.41) is 5.02. The second-order valence-corrected chi connectivity index (χ2v) is 11.5. The van der Waals surface area contributed by atoms with E-state index >= 15 is 0 Å². The van der Waals surface area contributed by atoms with E-state index in [1.54, 1.807) is 0 Å². The van der Waals surface area contributed by atoms with Gasteiger partial charge >= 0.3 is 0 Å². The maximum Gasteiger partial charge on any atom is 0.0548 e. The predicted octanol–water partition coefficient (Wildman–Crippen LogP) is 11.6. The van der Waals surface area contributed by atoms with Gasteiger partial charge in [0.25, 0.3) is 0 Å². The zero-order chi connectivity index (χ0) is 29.7. The molecule has 0 bridgehead atoms. The second-order valence-electron chi connectivity index (χ2n) is 11.5. The van der Waals surface area contributed by atoms with E-state index in [0.717, 1.165) is 22.7 Å². The van der Waals surface area contributed by atoms with Crippen molar-refractivity contribution < 1.29 is 0 Å². The SMILES string of the molecule is c1ccc(N(c2ccccc2)c2ccc(-c3ccc(-n4c5ccccc5c5cc6[nH]c7ccccc7c6cc54)cc3)cc2)cc1. The Morgan fingerprint density at radius 2 is 0.933 bits per heavy atom. The molecule has 0 aliphatic rings. The van der Waals surface area contributed by atoms with Crippen molar-refractivity contribution in [1.29, 1.82) is 0 Å². The Balaban J connectivity index is 1.11. The van der Waals surface area contributed by atoms with E-state index in [1.807, 2.05) is 0 Å². The van der Waals surface area contributed by atoms with Crippen LogP contribution in [0.5, 0.6) is 0 Å². The van der Waals surface area contributed by atoms with Gasteiger partial charge in [0, 0.05) is 55.3 Å². The van der Waals surface area contributed by atoms with Gasteiger partial charge in [0.15, 0.2) is 0 Å². The summed E-state index contributed by atoms with van der Waals surface area (Å²) in [6.45, 7) is 0. The maximum atomic E-state index is 3.63. The van der Waals surface area contributed by atoms with Crippen LogP contribution in [0.2, 0.25) is 0 Å². The lowest BCUT2D eigenvalue weighted by Gasteiger charge is -2.25. The van der Waals surface area contributed by atoms with E-state index in [4.69, 9.17) is 0 Å². The van der Waals surface area contributed by atoms with Gasteiger partial charge < -0.3 is 14.5 Å². The van der Waals surface area contributed by atoms with Crippen molar-refractivity contribution in [3.05, 3.63) is 170 Å². The Bertz CT molecular complexity index is 2410. The quantitative estimate of drug-likeness (QED) is 0.217. The monoisotopic (exact) mass is 575 g/mol. The zero-order valence-corrected chi connectivity index (χ0v) is 24.6. The molecule has 1 N–H and O–H groups in total. The average molecular weight is 576 g/mol. The highest BCUT2D eigenvalue weighted by Gasteiger charge is 2.16. The number of nitrogens with one attached hydrogen (secondary N) is 1. The molecule has 0 fully saturated rings. The van der Waals surface area contributed by atoms with Crippen LogP contribution < -0.4 is 4.90 Å². The number of anilines is 3. The van der Waals surface area contributed by atoms with E-state index in [-0.39, 0.29) is 0 Å². The molecule has 212 valence electrons. The van der Waals surface area contributed by atoms with Crippen LogP contribution in [0.4, 0.5) is 17.1 Å². The standard InChI is InChI=1S/C42H29N3/c1-3-11-31(12-4-1)44(32-13-5-2-6-14-32)33-23-19-29(20-24-33)30-21-25-34(26-22-30)45-41-18-10-8-16-36(41)38-27-40-37(28-42(38)45)35-15-7-9-17-39(35)43-40/h1-28,43H. The van der Waals surface area contributed by atoms with Crippen LogP contribution in [0.1, 0.15) is 0 Å². The molecule has 0 spiro atoms. The molecular formula is C42H29N3. The summed E-state index contributed by atoms with van der Waals surface area (Å²) in [5.41, 5.74) is 11.7. The highest BCUT2D eigenvalue weighted by atomic mass is 15.1. The molecule has 3 nitrogen and oxygen atoms in total. The van der Waals surface area contributed by atoms with Gasteiger partial charge in [-0.1, -0.05) is 97.1 Å². The molecule has 7 aromatic carbocycles. The topological polar surface area (TPSA) is 24.0 Å². The number of nitrogens with zero attached hydrogens (tertiary/aromatic N) is 2. The van der Waals surface area contributed by atoms with E-state index in [0.29, 0.717) is 0 Å². The number of hydrogen-bond acceptors (Lipinski definition) is 1. The van der Waals surface area contributed by atoms with Gasteiger partial charge in [0.2, 0.25) is 0 Å². The lowest BCUT2D eigenvalue weighted by atomic mass is 10.0. The van der Waals surface area contributed by atoms with E-state index < -0.39 is 0 Å². The second kappa shape index (κ2) is 10.3. The molecule has 3 heteroatoms. The van der Waals surface area contributed by atoms with Crippen molar-refractivity contribution in [2.45, 2.75) is 0 Å². The number of rotatable bonds is 5. The number of fused-ring (bicyclic) bond motifs is 6. The number of benzene rings is 7. The van der Waals surface area contributed by atoms with Crippen LogP contribution in [-0.2, 0) is 0 Å². The number of hydrogen-bond donors (Lipinski definition) is 1. The molecule has 9 aromatic rings. The summed E-state index contributed by atoms with van der Waals surface area (Å²) in [6, 6.07) is 60.8. The highest BCUT2D eigenvalue weighted by Crippen LogP contribution is 2.38. The highest BCUT2D eigenvalue weighted by molar-refractivity contribution is 6.18. The van der Waals surface area contributed by atoms with Gasteiger partial charge in [-0.15, -0.1) is 0 Å². The van der Waals surface area contributed by atoms with Crippen molar-refractivity contribution in [3.8, 4) is 16.8 Å². The lowest BCUT2D eigenvalue weighted by molar-refractivity contribution is 1.18. The molecule has 0 radical (unpaired) electrons. The molecule has 0 saturated carbocycles. The first kappa shape index (κ1) is 25.4. The fraction of sp³-hybridized carbons (Fsp3) is 0. The van der Waals surface area contributed by atoms with E-state index in [2.05, 4.69) is 184 Å². The summed E-state index contributed by atoms with van der Waals surface area (Å²) in [5.74, 6) is 0. The summed E-state index contributed by atoms with van der Waals surface area (Å²) in [4.78, 5) is 5.92. The smallest absolute Gasteiger partial charge is 0.0548 e. The van der Waals surface area contributed by atoms with Crippen molar-refractivity contribution >= 4 is 60.7 Å². The van der Waals surface area contributed by atoms with E-state index in [9.17, 15) is 0 Å². The minimum Gasteiger partial charge on any atom is -0.354 e. The summed E-state index contributed by atoms with van der Waals surface area (Å²) >= 11 is 0. The van der Waals surface area contributed by atoms with Crippen LogP contribution in [0, 0.1) is 0 Å². The third kappa shape index (κ3) is 4.21. The van der Waals surface area contributed by atoms with Crippen molar-refractivity contribution in [2.24, 2.45) is 0 Å². The van der Waals surface area contributed by atoms with Crippen molar-refractivity contribution in [3.63, 3.8) is 0 Å². The van der Waals surface area contributed by atoms with Gasteiger partial charge in [-0.05, 0) is 83.9 Å². The van der Waals surface area contributed by atoms with Gasteiger partial charge in [-0.25, -0.2) is 0 Å². The molecule has 9 rings (SSSR count). The predicted molar refractivity (Wildman–Crippen MR) is 190 cm³/mol. The average Bonchev–Trinajstić information content (AvgIpc) is 3.63. The first-order valence-electron chi connectivity index (χ1n) is 15.4. The maximum absolute atomic E-state index is 3.63. The fourth-order valence-electron chi connectivity index (χ4n) is 6.80. The number of H-pyrrole nitrogens is 1. The Kier molecular flexibility index (Phi) is 5.82. The van der Waals surface area contributed by atoms with Crippen LogP contribution in [-0.4, -0.2) is 9.55 Å². The minimum absolute atomic E-state index is 1.13. The third-order valence-electron chi connectivity index (χ3n) is 8.91. The van der Waals surface area contributed by atoms with Gasteiger partial charge in [-0.3, -0.25) is 0 Å². The van der Waals surface area contributed by atoms with Crippen LogP contribution >= 0.6 is 0 Å². The third-order valence-corrected chi connectivity index (χ3v) is 8.91. The van der Waals surface area contributed by atoms with Gasteiger partial charge in [-0.2, -0.15) is 0 Å². The molecule has 0 aliphatic heterocycles. The molecule has 45 heavy (non-hydrogen) atoms. The van der Waals surface area contributed by atoms with Crippen LogP contribution in [0.25, 0.3) is 60.4 Å². The van der Waals surface area contributed by atoms with Gasteiger partial charge in [0.05, 0.1) is 11.0 Å². The van der Waals surface area contributed by atoms with Crippen LogP contribution in [0.15, 0.2) is 170 Å². The van der Waals surface area contributed by atoms with Crippen molar-refractivity contribution in [1.82, 2.24) is 9.55 Å². The van der Waals surface area contributed by atoms with Gasteiger partial charge in [0.1, 0.15) is 0 Å². The summed E-state index contributed by atoms with van der Waals surface area (Å²) < 4.78 is 2.40. The van der Waals surface area contributed by atoms with Crippen LogP contribution in [0.3, 0.4) is 0 Å². The number of para-hydroxylation sites is 4. The molecule has 2 heterocycles. The largest absolute Gasteiger partial charge is 0.354 e. The lowest BCUT2D eigenvalue weighted by Crippen LogP contribution is -2.09. The Morgan fingerprint density at radius 1 is 0.378 bits per heavy atom. The molecule has 0 atom stereocenters. The minimum atomic E-state index is 1.13. The normalized spacial score (nSPS) is 11.6. The molecule has 0 unspecified atom stereocenters. The zero-order valence-electron chi connectivity index (χ0n) is 24.6. The molecule has 2 aromatic heterocycles. The Labute approximate surface area is 261 Å². The first-order chi connectivity index (χ1) is 22.3. The Hall–Kier alpha value is -6.06. The molecule has 0 aliphatic carbocycles. The van der Waals surface area contributed by atoms with E-state index in [1.165, 1.54) is 54.7 Å². The number of aromatic nitrogens is 2. The summed E-state index contributed by atoms with van der Waals surface area (Å²) in [7, 11) is 0. The number of aromatic amines is 1. The summed E-state index contributed by atoms with van der Waals surface area (Å²) in [6.07, 6.45) is 0. The first-order valence-corrected chi connectivity index (χ1v) is 15.4. The Morgan fingerprint density at radius 3 is 1.62 bits per heavy atom.